The van der Waals surface area contributed by atoms with Crippen LogP contribution in [-0.4, -0.2) is 65.4 Å². The zero-order valence-corrected chi connectivity index (χ0v) is 16.3. The lowest BCUT2D eigenvalue weighted by atomic mass is 10.1. The summed E-state index contributed by atoms with van der Waals surface area (Å²) < 4.78 is 4.85. The molecule has 1 saturated heterocycles. The number of hydrogen-bond acceptors (Lipinski definition) is 4. The van der Waals surface area contributed by atoms with Gasteiger partial charge in [-0.1, -0.05) is 6.92 Å². The van der Waals surface area contributed by atoms with E-state index in [0.29, 0.717) is 55.0 Å². The number of aryl methyl sites for hydroxylation is 1. The topological polar surface area (TPSA) is 82.7 Å². The molecule has 26 heavy (non-hydrogen) atoms. The van der Waals surface area contributed by atoms with Crippen LogP contribution in [0.15, 0.2) is 0 Å². The molecule has 1 aliphatic heterocycles. The van der Waals surface area contributed by atoms with Crippen LogP contribution in [0, 0.1) is 6.92 Å². The van der Waals surface area contributed by atoms with Crippen molar-refractivity contribution in [2.24, 2.45) is 0 Å². The number of amides is 2. The van der Waals surface area contributed by atoms with Crippen molar-refractivity contribution in [3.8, 4) is 0 Å². The van der Waals surface area contributed by atoms with Gasteiger partial charge in [-0.15, -0.1) is 0 Å². The van der Waals surface area contributed by atoms with Gasteiger partial charge in [-0.05, 0) is 45.6 Å². The number of aromatic amines is 1. The lowest BCUT2D eigenvalue weighted by Crippen LogP contribution is -2.47. The van der Waals surface area contributed by atoms with Gasteiger partial charge in [-0.3, -0.25) is 9.59 Å². The predicted molar refractivity (Wildman–Crippen MR) is 98.2 cm³/mol. The first-order chi connectivity index (χ1) is 12.4. The maximum absolute atomic E-state index is 13.1. The standard InChI is InChI=1S/C19H29N3O4/c1-6-13-15(19(25)26-5)12(4)16(20-13)18(24)22-11-9-10-14(22)17(23)21(7-2)8-3/h14,20H,6-11H2,1-5H3. The van der Waals surface area contributed by atoms with E-state index in [1.807, 2.05) is 20.8 Å². The summed E-state index contributed by atoms with van der Waals surface area (Å²) in [5.74, 6) is -0.684. The van der Waals surface area contributed by atoms with Crippen LogP contribution >= 0.6 is 0 Å². The molecule has 0 radical (unpaired) electrons. The molecule has 1 unspecified atom stereocenters. The fourth-order valence-electron chi connectivity index (χ4n) is 3.67. The number of carbonyl (C=O) groups is 3. The van der Waals surface area contributed by atoms with E-state index in [1.54, 1.807) is 16.7 Å². The van der Waals surface area contributed by atoms with Crippen LogP contribution < -0.4 is 0 Å². The molecule has 0 bridgehead atoms. The Morgan fingerprint density at radius 3 is 2.42 bits per heavy atom. The Labute approximate surface area is 154 Å². The summed E-state index contributed by atoms with van der Waals surface area (Å²) in [6.07, 6.45) is 2.05. The Morgan fingerprint density at radius 1 is 1.23 bits per heavy atom. The number of methoxy groups -OCH3 is 1. The molecule has 0 spiro atoms. The average molecular weight is 363 g/mol. The molecule has 1 N–H and O–H groups in total. The number of hydrogen-bond donors (Lipinski definition) is 1. The SMILES string of the molecule is CCc1[nH]c(C(=O)N2CCCC2C(=O)N(CC)CC)c(C)c1C(=O)OC. The van der Waals surface area contributed by atoms with Crippen LogP contribution in [0.2, 0.25) is 0 Å². The molecule has 1 atom stereocenters. The van der Waals surface area contributed by atoms with E-state index in [2.05, 4.69) is 4.98 Å². The fourth-order valence-corrected chi connectivity index (χ4v) is 3.67. The zero-order valence-electron chi connectivity index (χ0n) is 16.3. The van der Waals surface area contributed by atoms with Gasteiger partial charge in [0.05, 0.1) is 12.7 Å². The summed E-state index contributed by atoms with van der Waals surface area (Å²) in [5.41, 5.74) is 2.06. The molecule has 0 aromatic carbocycles. The Hall–Kier alpha value is -2.31. The van der Waals surface area contributed by atoms with Crippen LogP contribution in [0.1, 0.15) is 65.7 Å². The number of H-pyrrole nitrogens is 1. The average Bonchev–Trinajstić information content (AvgIpc) is 3.26. The summed E-state index contributed by atoms with van der Waals surface area (Å²) in [4.78, 5) is 44.5. The molecule has 1 fully saturated rings. The number of nitrogens with one attached hydrogen (secondary N) is 1. The third-order valence-corrected chi connectivity index (χ3v) is 5.16. The Balaban J connectivity index is 2.35. The van der Waals surface area contributed by atoms with Crippen LogP contribution in [0.25, 0.3) is 0 Å². The van der Waals surface area contributed by atoms with E-state index in [4.69, 9.17) is 4.74 Å². The van der Waals surface area contributed by atoms with Crippen molar-refractivity contribution in [1.29, 1.82) is 0 Å². The number of aromatic nitrogens is 1. The van der Waals surface area contributed by atoms with Crippen LogP contribution in [0.4, 0.5) is 0 Å². The van der Waals surface area contributed by atoms with Crippen LogP contribution in [0.5, 0.6) is 0 Å². The van der Waals surface area contributed by atoms with Crippen molar-refractivity contribution in [2.45, 2.75) is 53.0 Å². The van der Waals surface area contributed by atoms with Crippen molar-refractivity contribution in [1.82, 2.24) is 14.8 Å². The van der Waals surface area contributed by atoms with Gasteiger partial charge in [0.25, 0.3) is 5.91 Å². The number of rotatable bonds is 6. The number of esters is 1. The third kappa shape index (κ3) is 3.48. The largest absolute Gasteiger partial charge is 0.465 e. The zero-order chi connectivity index (χ0) is 19.4. The second kappa shape index (κ2) is 8.38. The summed E-state index contributed by atoms with van der Waals surface area (Å²) in [7, 11) is 1.33. The second-order valence-corrected chi connectivity index (χ2v) is 6.49. The highest BCUT2D eigenvalue weighted by molar-refractivity contribution is 6.02. The highest BCUT2D eigenvalue weighted by atomic mass is 16.5. The quantitative estimate of drug-likeness (QED) is 0.785. The van der Waals surface area contributed by atoms with E-state index in [1.165, 1.54) is 7.11 Å². The van der Waals surface area contributed by atoms with E-state index >= 15 is 0 Å². The highest BCUT2D eigenvalue weighted by Crippen LogP contribution is 2.26. The molecule has 0 aliphatic carbocycles. The molecule has 7 heteroatoms. The highest BCUT2D eigenvalue weighted by Gasteiger charge is 2.38. The normalized spacial score (nSPS) is 16.7. The van der Waals surface area contributed by atoms with Gasteiger partial charge in [-0.25, -0.2) is 4.79 Å². The number of carbonyl (C=O) groups excluding carboxylic acids is 3. The molecule has 1 aromatic heterocycles. The van der Waals surface area contributed by atoms with E-state index in [-0.39, 0.29) is 11.8 Å². The van der Waals surface area contributed by atoms with Crippen molar-refractivity contribution in [2.75, 3.05) is 26.7 Å². The van der Waals surface area contributed by atoms with Gasteiger partial charge < -0.3 is 19.5 Å². The first-order valence-electron chi connectivity index (χ1n) is 9.30. The van der Waals surface area contributed by atoms with Crippen molar-refractivity contribution in [3.63, 3.8) is 0 Å². The maximum Gasteiger partial charge on any atom is 0.339 e. The number of likely N-dealkylation sites (tertiary alicyclic amines) is 1. The summed E-state index contributed by atoms with van der Waals surface area (Å²) in [6.45, 7) is 9.33. The Kier molecular flexibility index (Phi) is 6.45. The number of ether oxygens (including phenoxy) is 1. The van der Waals surface area contributed by atoms with Gasteiger partial charge in [0.1, 0.15) is 11.7 Å². The molecule has 144 valence electrons. The lowest BCUT2D eigenvalue weighted by molar-refractivity contribution is -0.134. The maximum atomic E-state index is 13.1. The molecular formula is C19H29N3O4. The molecule has 2 amide bonds. The monoisotopic (exact) mass is 363 g/mol. The number of likely N-dealkylation sites (N-methyl/N-ethyl adjacent to an activating group) is 1. The van der Waals surface area contributed by atoms with Gasteiger partial charge in [0.15, 0.2) is 0 Å². The van der Waals surface area contributed by atoms with E-state index < -0.39 is 12.0 Å². The predicted octanol–water partition coefficient (Wildman–Crippen LogP) is 2.15. The van der Waals surface area contributed by atoms with Gasteiger partial charge in [0.2, 0.25) is 5.91 Å². The van der Waals surface area contributed by atoms with Crippen LogP contribution in [0.3, 0.4) is 0 Å². The van der Waals surface area contributed by atoms with E-state index in [9.17, 15) is 14.4 Å². The Morgan fingerprint density at radius 2 is 1.88 bits per heavy atom. The number of nitrogens with zero attached hydrogens (tertiary/aromatic N) is 2. The Bertz CT molecular complexity index is 691. The van der Waals surface area contributed by atoms with Gasteiger partial charge in [-0.2, -0.15) is 0 Å². The van der Waals surface area contributed by atoms with E-state index in [0.717, 1.165) is 6.42 Å². The molecule has 0 saturated carbocycles. The first-order valence-corrected chi connectivity index (χ1v) is 9.30. The molecular weight excluding hydrogens is 334 g/mol. The third-order valence-electron chi connectivity index (χ3n) is 5.16. The second-order valence-electron chi connectivity index (χ2n) is 6.49. The van der Waals surface area contributed by atoms with Gasteiger partial charge in [0, 0.05) is 25.3 Å². The van der Waals surface area contributed by atoms with Crippen LogP contribution in [-0.2, 0) is 16.0 Å². The minimum absolute atomic E-state index is 0.00559. The van der Waals surface area contributed by atoms with Crippen molar-refractivity contribution >= 4 is 17.8 Å². The molecule has 1 aromatic rings. The first kappa shape index (κ1) is 20.0. The van der Waals surface area contributed by atoms with Crippen molar-refractivity contribution < 1.29 is 19.1 Å². The molecule has 2 rings (SSSR count). The van der Waals surface area contributed by atoms with Crippen molar-refractivity contribution in [3.05, 3.63) is 22.5 Å². The smallest absolute Gasteiger partial charge is 0.339 e. The molecule has 7 nitrogen and oxygen atoms in total. The fraction of sp³-hybridized carbons (Fsp3) is 0.632. The molecule has 1 aliphatic rings. The summed E-state index contributed by atoms with van der Waals surface area (Å²) in [6, 6.07) is -0.434. The minimum atomic E-state index is -0.452. The molecule has 2 heterocycles. The summed E-state index contributed by atoms with van der Waals surface area (Å²) in [5, 5.41) is 0. The van der Waals surface area contributed by atoms with Gasteiger partial charge >= 0.3 is 5.97 Å². The summed E-state index contributed by atoms with van der Waals surface area (Å²) >= 11 is 0. The lowest BCUT2D eigenvalue weighted by Gasteiger charge is -2.29. The minimum Gasteiger partial charge on any atom is -0.465 e.